The van der Waals surface area contributed by atoms with Gasteiger partial charge in [0.25, 0.3) is 0 Å². The molecule has 0 saturated heterocycles. The Hall–Kier alpha value is -1.84. The van der Waals surface area contributed by atoms with Gasteiger partial charge in [0.1, 0.15) is 0 Å². The van der Waals surface area contributed by atoms with E-state index in [4.69, 9.17) is 9.94 Å². The number of carboxylic acid groups (broad SMARTS) is 1. The second-order valence-electron chi connectivity index (χ2n) is 3.45. The van der Waals surface area contributed by atoms with Gasteiger partial charge in [0.15, 0.2) is 0 Å². The monoisotopic (exact) mass is 205 g/mol. The van der Waals surface area contributed by atoms with E-state index in [1.807, 2.05) is 12.1 Å². The third-order valence-electron chi connectivity index (χ3n) is 2.29. The lowest BCUT2D eigenvalue weighted by atomic mass is 10.1. The molecule has 0 amide bonds. The summed E-state index contributed by atoms with van der Waals surface area (Å²) in [5.41, 5.74) is 3.38. The van der Waals surface area contributed by atoms with Crippen LogP contribution in [-0.2, 0) is 22.5 Å². The van der Waals surface area contributed by atoms with Crippen molar-refractivity contribution in [2.75, 3.05) is 6.61 Å². The van der Waals surface area contributed by atoms with E-state index in [0.29, 0.717) is 0 Å². The van der Waals surface area contributed by atoms with Crippen molar-refractivity contribution < 1.29 is 14.7 Å². The summed E-state index contributed by atoms with van der Waals surface area (Å²) < 4.78 is 0. The normalized spacial score (nSPS) is 13.5. The second-order valence-corrected chi connectivity index (χ2v) is 3.45. The van der Waals surface area contributed by atoms with Crippen LogP contribution in [0.5, 0.6) is 0 Å². The lowest BCUT2D eigenvalue weighted by Gasteiger charge is -1.95. The lowest BCUT2D eigenvalue weighted by molar-refractivity contribution is -0.142. The lowest BCUT2D eigenvalue weighted by Crippen LogP contribution is -2.06. The molecule has 0 aromatic heterocycles. The molecular formula is C11H11NO3. The van der Waals surface area contributed by atoms with E-state index in [1.165, 1.54) is 11.1 Å². The van der Waals surface area contributed by atoms with Gasteiger partial charge in [0, 0.05) is 12.8 Å². The summed E-state index contributed by atoms with van der Waals surface area (Å²) in [6.45, 7) is -0.375. The number of fused-ring (bicyclic) bond motifs is 1. The van der Waals surface area contributed by atoms with Gasteiger partial charge < -0.3 is 9.94 Å². The third-order valence-corrected chi connectivity index (χ3v) is 2.29. The van der Waals surface area contributed by atoms with Gasteiger partial charge in [-0.1, -0.05) is 29.4 Å². The van der Waals surface area contributed by atoms with Crippen molar-refractivity contribution in [3.8, 4) is 0 Å². The van der Waals surface area contributed by atoms with Crippen LogP contribution in [-0.4, -0.2) is 23.4 Å². The van der Waals surface area contributed by atoms with Crippen LogP contribution in [0, 0.1) is 0 Å². The standard InChI is InChI=1S/C11H11NO3/c13-11(14)7-15-12-10-5-8-3-1-2-4-9(8)6-10/h1-4H,5-7H2,(H,13,14). The maximum atomic E-state index is 10.2. The summed E-state index contributed by atoms with van der Waals surface area (Å²) in [4.78, 5) is 14.9. The Morgan fingerprint density at radius 3 is 2.47 bits per heavy atom. The van der Waals surface area contributed by atoms with Gasteiger partial charge >= 0.3 is 5.97 Å². The van der Waals surface area contributed by atoms with Crippen molar-refractivity contribution in [3.63, 3.8) is 0 Å². The first-order valence-electron chi connectivity index (χ1n) is 4.72. The van der Waals surface area contributed by atoms with Crippen molar-refractivity contribution >= 4 is 11.7 Å². The maximum absolute atomic E-state index is 10.2. The predicted molar refractivity (Wildman–Crippen MR) is 54.9 cm³/mol. The molecule has 4 nitrogen and oxygen atoms in total. The highest BCUT2D eigenvalue weighted by atomic mass is 16.6. The molecule has 78 valence electrons. The van der Waals surface area contributed by atoms with E-state index < -0.39 is 5.97 Å². The third kappa shape index (κ3) is 2.34. The summed E-state index contributed by atoms with van der Waals surface area (Å²) in [6, 6.07) is 8.07. The largest absolute Gasteiger partial charge is 0.479 e. The number of aliphatic carboxylic acids is 1. The fraction of sp³-hybridized carbons (Fsp3) is 0.273. The number of hydrogen-bond donors (Lipinski definition) is 1. The zero-order valence-electron chi connectivity index (χ0n) is 8.14. The van der Waals surface area contributed by atoms with Crippen molar-refractivity contribution in [1.29, 1.82) is 0 Å². The molecule has 1 aromatic carbocycles. The molecule has 1 aliphatic rings. The summed E-state index contributed by atoms with van der Waals surface area (Å²) in [7, 11) is 0. The second kappa shape index (κ2) is 4.13. The Bertz CT molecular complexity index is 385. The molecule has 4 heteroatoms. The minimum absolute atomic E-state index is 0.375. The summed E-state index contributed by atoms with van der Waals surface area (Å²) in [5.74, 6) is -1.00. The van der Waals surface area contributed by atoms with Crippen molar-refractivity contribution in [2.24, 2.45) is 5.16 Å². The molecule has 0 heterocycles. The van der Waals surface area contributed by atoms with E-state index in [2.05, 4.69) is 17.3 Å². The Balaban J connectivity index is 1.98. The van der Waals surface area contributed by atoms with Gasteiger partial charge in [-0.05, 0) is 11.1 Å². The van der Waals surface area contributed by atoms with Crippen molar-refractivity contribution in [2.45, 2.75) is 12.8 Å². The average Bonchev–Trinajstić information content (AvgIpc) is 2.59. The zero-order chi connectivity index (χ0) is 10.7. The molecule has 0 aliphatic heterocycles. The van der Waals surface area contributed by atoms with Crippen LogP contribution in [0.1, 0.15) is 11.1 Å². The fourth-order valence-electron chi connectivity index (χ4n) is 1.65. The quantitative estimate of drug-likeness (QED) is 0.755. The first kappa shape index (κ1) is 9.71. The molecule has 1 N–H and O–H groups in total. The number of carbonyl (C=O) groups is 1. The maximum Gasteiger partial charge on any atom is 0.344 e. The molecular weight excluding hydrogens is 194 g/mol. The number of hydrogen-bond acceptors (Lipinski definition) is 3. The molecule has 0 atom stereocenters. The fourth-order valence-corrected chi connectivity index (χ4v) is 1.65. The Morgan fingerprint density at radius 2 is 1.93 bits per heavy atom. The minimum Gasteiger partial charge on any atom is -0.479 e. The Kier molecular flexibility index (Phi) is 2.67. The molecule has 0 fully saturated rings. The molecule has 0 unspecified atom stereocenters. The highest BCUT2D eigenvalue weighted by molar-refractivity contribution is 5.92. The van der Waals surface area contributed by atoms with E-state index >= 15 is 0 Å². The Labute approximate surface area is 87.2 Å². The number of benzene rings is 1. The van der Waals surface area contributed by atoms with Crippen molar-refractivity contribution in [3.05, 3.63) is 35.4 Å². The minimum atomic E-state index is -1.00. The molecule has 1 aromatic rings. The summed E-state index contributed by atoms with van der Waals surface area (Å²) in [6.07, 6.45) is 1.52. The van der Waals surface area contributed by atoms with Crippen LogP contribution in [0.2, 0.25) is 0 Å². The first-order chi connectivity index (χ1) is 7.25. The molecule has 0 spiro atoms. The van der Waals surface area contributed by atoms with E-state index in [-0.39, 0.29) is 6.61 Å². The van der Waals surface area contributed by atoms with Gasteiger partial charge in [-0.2, -0.15) is 0 Å². The van der Waals surface area contributed by atoms with Gasteiger partial charge in [-0.15, -0.1) is 0 Å². The van der Waals surface area contributed by atoms with Crippen molar-refractivity contribution in [1.82, 2.24) is 0 Å². The van der Waals surface area contributed by atoms with Crippen LogP contribution in [0.4, 0.5) is 0 Å². The number of nitrogens with zero attached hydrogens (tertiary/aromatic N) is 1. The van der Waals surface area contributed by atoms with Gasteiger partial charge in [0.2, 0.25) is 6.61 Å². The average molecular weight is 205 g/mol. The zero-order valence-corrected chi connectivity index (χ0v) is 8.14. The van der Waals surface area contributed by atoms with Gasteiger partial charge in [-0.25, -0.2) is 4.79 Å². The van der Waals surface area contributed by atoms with Gasteiger partial charge in [-0.3, -0.25) is 0 Å². The topological polar surface area (TPSA) is 58.9 Å². The predicted octanol–water partition coefficient (Wildman–Crippen LogP) is 1.24. The summed E-state index contributed by atoms with van der Waals surface area (Å²) in [5, 5.41) is 12.2. The summed E-state index contributed by atoms with van der Waals surface area (Å²) >= 11 is 0. The van der Waals surface area contributed by atoms with E-state index in [9.17, 15) is 4.79 Å². The highest BCUT2D eigenvalue weighted by Crippen LogP contribution is 2.19. The van der Waals surface area contributed by atoms with Crippen LogP contribution < -0.4 is 0 Å². The molecule has 0 radical (unpaired) electrons. The van der Waals surface area contributed by atoms with E-state index in [1.54, 1.807) is 0 Å². The molecule has 2 rings (SSSR count). The first-order valence-corrected chi connectivity index (χ1v) is 4.72. The Morgan fingerprint density at radius 1 is 1.33 bits per heavy atom. The van der Waals surface area contributed by atoms with Crippen LogP contribution in [0.25, 0.3) is 0 Å². The smallest absolute Gasteiger partial charge is 0.344 e. The number of oxime groups is 1. The molecule has 0 saturated carbocycles. The molecule has 0 bridgehead atoms. The van der Waals surface area contributed by atoms with Crippen LogP contribution in [0.3, 0.4) is 0 Å². The molecule has 1 aliphatic carbocycles. The molecule has 15 heavy (non-hydrogen) atoms. The number of rotatable bonds is 3. The highest BCUT2D eigenvalue weighted by Gasteiger charge is 2.16. The van der Waals surface area contributed by atoms with E-state index in [0.717, 1.165) is 18.6 Å². The SMILES string of the molecule is O=C(O)CON=C1Cc2ccccc2C1. The van der Waals surface area contributed by atoms with Crippen LogP contribution in [0.15, 0.2) is 29.4 Å². The van der Waals surface area contributed by atoms with Crippen LogP contribution >= 0.6 is 0 Å². The van der Waals surface area contributed by atoms with Gasteiger partial charge in [0.05, 0.1) is 5.71 Å². The number of carboxylic acids is 1.